The van der Waals surface area contributed by atoms with Crippen LogP contribution in [0.25, 0.3) is 0 Å². The predicted octanol–water partition coefficient (Wildman–Crippen LogP) is 1.17. The molecule has 2 aromatic rings. The molecule has 0 aliphatic rings. The summed E-state index contributed by atoms with van der Waals surface area (Å²) in [6.07, 6.45) is 0.369. The van der Waals surface area contributed by atoms with E-state index in [4.69, 9.17) is 15.8 Å². The van der Waals surface area contributed by atoms with Gasteiger partial charge in [0.2, 0.25) is 5.91 Å². The summed E-state index contributed by atoms with van der Waals surface area (Å²) in [5, 5.41) is 21.0. The molecule has 6 heteroatoms. The molecule has 0 saturated carbocycles. The number of amides is 1. The average molecular weight is 340 g/mol. The lowest BCUT2D eigenvalue weighted by atomic mass is 9.80. The Morgan fingerprint density at radius 2 is 1.64 bits per heavy atom. The van der Waals surface area contributed by atoms with Gasteiger partial charge in [0.25, 0.3) is 0 Å². The van der Waals surface area contributed by atoms with Crippen LogP contribution in [0.5, 0.6) is 0 Å². The second-order valence-electron chi connectivity index (χ2n) is 7.24. The van der Waals surface area contributed by atoms with Gasteiger partial charge in [-0.05, 0) is 40.6 Å². The molecule has 0 saturated heterocycles. The fourth-order valence-corrected chi connectivity index (χ4v) is 2.46. The molecule has 0 aliphatic carbocycles. The quantitative estimate of drug-likeness (QED) is 0.615. The molecule has 5 N–H and O–H groups in total. The average Bonchev–Trinajstić information content (AvgIpc) is 2.55. The topological polar surface area (TPSA) is 95.6 Å². The van der Waals surface area contributed by atoms with Crippen LogP contribution in [0.15, 0.2) is 48.5 Å². The molecule has 5 nitrogen and oxygen atoms in total. The molecule has 0 unspecified atom stereocenters. The first-order valence-corrected chi connectivity index (χ1v) is 8.29. The van der Waals surface area contributed by atoms with Gasteiger partial charge in [0.1, 0.15) is 0 Å². The molecule has 0 radical (unpaired) electrons. The summed E-state index contributed by atoms with van der Waals surface area (Å²) >= 11 is 0. The van der Waals surface area contributed by atoms with Gasteiger partial charge in [-0.15, -0.1) is 0 Å². The largest absolute Gasteiger partial charge is 0.488 e. The van der Waals surface area contributed by atoms with Crippen molar-refractivity contribution in [2.24, 2.45) is 5.73 Å². The summed E-state index contributed by atoms with van der Waals surface area (Å²) < 4.78 is 0. The Kier molecular flexibility index (Phi) is 6.00. The van der Waals surface area contributed by atoms with E-state index < -0.39 is 13.2 Å². The number of anilines is 1. The van der Waals surface area contributed by atoms with Gasteiger partial charge in [-0.3, -0.25) is 4.79 Å². The van der Waals surface area contributed by atoms with Gasteiger partial charge in [0.15, 0.2) is 0 Å². The van der Waals surface area contributed by atoms with Crippen molar-refractivity contribution in [2.45, 2.75) is 38.6 Å². The van der Waals surface area contributed by atoms with Crippen LogP contribution in [0, 0.1) is 0 Å². The van der Waals surface area contributed by atoms with Crippen molar-refractivity contribution in [3.8, 4) is 0 Å². The van der Waals surface area contributed by atoms with Crippen molar-refractivity contribution in [3.63, 3.8) is 0 Å². The van der Waals surface area contributed by atoms with E-state index in [1.165, 1.54) is 5.56 Å². The molecule has 0 heterocycles. The first kappa shape index (κ1) is 19.2. The molecule has 0 aromatic heterocycles. The summed E-state index contributed by atoms with van der Waals surface area (Å²) in [5.74, 6) is -0.255. The zero-order valence-corrected chi connectivity index (χ0v) is 14.9. The standard InChI is InChI=1S/C19H25BN2O3/c1-19(2,3)14-6-10-16(11-7-14)22-18(23)17(21)12-13-4-8-15(9-5-13)20(24)25/h4-11,17,24-25H,12,21H2,1-3H3,(H,22,23)/t17-/m0/s1. The summed E-state index contributed by atoms with van der Waals surface area (Å²) in [4.78, 5) is 12.3. The highest BCUT2D eigenvalue weighted by Crippen LogP contribution is 2.23. The van der Waals surface area contributed by atoms with Gasteiger partial charge in [-0.2, -0.15) is 0 Å². The molecule has 1 amide bonds. The van der Waals surface area contributed by atoms with Crippen molar-refractivity contribution in [2.75, 3.05) is 5.32 Å². The number of rotatable bonds is 5. The van der Waals surface area contributed by atoms with E-state index in [0.717, 1.165) is 5.56 Å². The van der Waals surface area contributed by atoms with Gasteiger partial charge < -0.3 is 21.1 Å². The molecular formula is C19H25BN2O3. The minimum absolute atomic E-state index is 0.0627. The highest BCUT2D eigenvalue weighted by Gasteiger charge is 2.17. The van der Waals surface area contributed by atoms with E-state index in [2.05, 4.69) is 26.1 Å². The SMILES string of the molecule is CC(C)(C)c1ccc(NC(=O)[C@@H](N)Cc2ccc(B(O)O)cc2)cc1. The highest BCUT2D eigenvalue weighted by atomic mass is 16.4. The van der Waals surface area contributed by atoms with Crippen LogP contribution in [0.2, 0.25) is 0 Å². The number of carbonyl (C=O) groups is 1. The maximum Gasteiger partial charge on any atom is 0.488 e. The van der Waals surface area contributed by atoms with Gasteiger partial charge in [0.05, 0.1) is 6.04 Å². The van der Waals surface area contributed by atoms with Crippen LogP contribution in [-0.4, -0.2) is 29.1 Å². The van der Waals surface area contributed by atoms with Crippen LogP contribution in [0.1, 0.15) is 31.9 Å². The van der Waals surface area contributed by atoms with Crippen molar-refractivity contribution < 1.29 is 14.8 Å². The Bertz CT molecular complexity index is 707. The zero-order chi connectivity index (χ0) is 18.6. The van der Waals surface area contributed by atoms with Crippen molar-refractivity contribution >= 4 is 24.2 Å². The normalized spacial score (nSPS) is 12.6. The third-order valence-corrected chi connectivity index (χ3v) is 4.09. The van der Waals surface area contributed by atoms with Gasteiger partial charge in [-0.25, -0.2) is 0 Å². The third-order valence-electron chi connectivity index (χ3n) is 4.09. The monoisotopic (exact) mass is 340 g/mol. The number of hydrogen-bond donors (Lipinski definition) is 4. The van der Waals surface area contributed by atoms with E-state index >= 15 is 0 Å². The molecule has 2 aromatic carbocycles. The lowest BCUT2D eigenvalue weighted by molar-refractivity contribution is -0.117. The van der Waals surface area contributed by atoms with E-state index in [1.807, 2.05) is 24.3 Å². The second-order valence-corrected chi connectivity index (χ2v) is 7.24. The van der Waals surface area contributed by atoms with E-state index in [-0.39, 0.29) is 11.3 Å². The molecule has 0 bridgehead atoms. The molecule has 132 valence electrons. The van der Waals surface area contributed by atoms with Crippen LogP contribution in [-0.2, 0) is 16.6 Å². The molecular weight excluding hydrogens is 315 g/mol. The van der Waals surface area contributed by atoms with Gasteiger partial charge >= 0.3 is 7.12 Å². The summed E-state index contributed by atoms with van der Waals surface area (Å²) in [6.45, 7) is 6.41. The van der Waals surface area contributed by atoms with Crippen LogP contribution < -0.4 is 16.5 Å². The Morgan fingerprint density at radius 1 is 1.08 bits per heavy atom. The third kappa shape index (κ3) is 5.42. The number of hydrogen-bond acceptors (Lipinski definition) is 4. The zero-order valence-electron chi connectivity index (χ0n) is 14.9. The van der Waals surface area contributed by atoms with Crippen molar-refractivity contribution in [1.82, 2.24) is 0 Å². The van der Waals surface area contributed by atoms with Gasteiger partial charge in [0, 0.05) is 5.69 Å². The lowest BCUT2D eigenvalue weighted by Crippen LogP contribution is -2.37. The molecule has 25 heavy (non-hydrogen) atoms. The van der Waals surface area contributed by atoms with Gasteiger partial charge in [-0.1, -0.05) is 57.2 Å². The number of carbonyl (C=O) groups excluding carboxylic acids is 1. The number of nitrogens with two attached hydrogens (primary N) is 1. The fraction of sp³-hybridized carbons (Fsp3) is 0.316. The number of benzene rings is 2. The lowest BCUT2D eigenvalue weighted by Gasteiger charge is -2.19. The smallest absolute Gasteiger partial charge is 0.423 e. The molecule has 2 rings (SSSR count). The molecule has 0 spiro atoms. The first-order chi connectivity index (χ1) is 11.7. The molecule has 0 aliphatic heterocycles. The number of nitrogens with one attached hydrogen (secondary N) is 1. The first-order valence-electron chi connectivity index (χ1n) is 8.29. The van der Waals surface area contributed by atoms with E-state index in [0.29, 0.717) is 17.6 Å². The van der Waals surface area contributed by atoms with Crippen molar-refractivity contribution in [1.29, 1.82) is 0 Å². The fourth-order valence-electron chi connectivity index (χ4n) is 2.46. The minimum Gasteiger partial charge on any atom is -0.423 e. The maximum atomic E-state index is 12.3. The van der Waals surface area contributed by atoms with E-state index in [1.54, 1.807) is 24.3 Å². The van der Waals surface area contributed by atoms with Crippen LogP contribution in [0.3, 0.4) is 0 Å². The Balaban J connectivity index is 1.95. The highest BCUT2D eigenvalue weighted by molar-refractivity contribution is 6.58. The maximum absolute atomic E-state index is 12.3. The Labute approximate surface area is 149 Å². The van der Waals surface area contributed by atoms with E-state index in [9.17, 15) is 4.79 Å². The van der Waals surface area contributed by atoms with Crippen LogP contribution >= 0.6 is 0 Å². The Hall–Kier alpha value is -2.15. The summed E-state index contributed by atoms with van der Waals surface area (Å²) in [6, 6.07) is 13.8. The van der Waals surface area contributed by atoms with Crippen LogP contribution in [0.4, 0.5) is 5.69 Å². The minimum atomic E-state index is -1.50. The predicted molar refractivity (Wildman–Crippen MR) is 102 cm³/mol. The summed E-state index contributed by atoms with van der Waals surface area (Å²) in [5.41, 5.74) is 9.22. The summed E-state index contributed by atoms with van der Waals surface area (Å²) in [7, 11) is -1.50. The molecule has 1 atom stereocenters. The second kappa shape index (κ2) is 7.82. The van der Waals surface area contributed by atoms with Crippen molar-refractivity contribution in [3.05, 3.63) is 59.7 Å². The Morgan fingerprint density at radius 3 is 2.12 bits per heavy atom. The molecule has 0 fully saturated rings.